The molecule has 0 N–H and O–H groups in total. The first-order valence-electron chi connectivity index (χ1n) is 7.37. The normalized spacial score (nSPS) is 22.6. The van der Waals surface area contributed by atoms with Crippen molar-refractivity contribution in [2.45, 2.75) is 18.1 Å². The minimum absolute atomic E-state index is 0.378. The quantitative estimate of drug-likeness (QED) is 0.487. The minimum Gasteiger partial charge on any atom is -0.295 e. The lowest BCUT2D eigenvalue weighted by molar-refractivity contribution is -0.133. The maximum atomic E-state index is 12.0. The fourth-order valence-electron chi connectivity index (χ4n) is 2.66. The van der Waals surface area contributed by atoms with Gasteiger partial charge in [0.25, 0.3) is 0 Å². The fourth-order valence-corrected chi connectivity index (χ4v) is 3.97. The summed E-state index contributed by atoms with van der Waals surface area (Å²) in [4.78, 5) is 23.6. The average Bonchev–Trinajstić information content (AvgIpc) is 2.58. The largest absolute Gasteiger partial charge is 0.295 e. The minimum atomic E-state index is -0.453. The van der Waals surface area contributed by atoms with Crippen molar-refractivity contribution in [2.75, 3.05) is 13.6 Å². The predicted octanol–water partition coefficient (Wildman–Crippen LogP) is 2.91. The van der Waals surface area contributed by atoms with Crippen LogP contribution in [0.25, 0.3) is 0 Å². The zero-order valence-electron chi connectivity index (χ0n) is 12.4. The summed E-state index contributed by atoms with van der Waals surface area (Å²) in [5.74, 6) is -0.890. The second-order valence-electron chi connectivity index (χ2n) is 5.35. The zero-order chi connectivity index (χ0) is 15.5. The molecule has 5 heteroatoms. The second-order valence-corrected chi connectivity index (χ2v) is 6.55. The molecule has 0 bridgehead atoms. The Hall–Kier alpha value is -1.85. The molecule has 1 heterocycles. The Morgan fingerprint density at radius 1 is 1.23 bits per heavy atom. The number of nitrogens with zero attached hydrogens (tertiary/aromatic N) is 2. The van der Waals surface area contributed by atoms with E-state index in [-0.39, 0.29) is 0 Å². The summed E-state index contributed by atoms with van der Waals surface area (Å²) in [6, 6.07) is 10.4. The highest BCUT2D eigenvalue weighted by atomic mass is 32.2. The van der Waals surface area contributed by atoms with Gasteiger partial charge in [0, 0.05) is 18.8 Å². The Bertz CT molecular complexity index is 639. The van der Waals surface area contributed by atoms with Gasteiger partial charge in [0.2, 0.25) is 11.6 Å². The molecule has 1 atom stereocenters. The molecular weight excluding hydrogens is 296 g/mol. The van der Waals surface area contributed by atoms with E-state index in [1.165, 1.54) is 11.6 Å². The van der Waals surface area contributed by atoms with Crippen LogP contribution < -0.4 is 0 Å². The van der Waals surface area contributed by atoms with E-state index >= 15 is 0 Å². The van der Waals surface area contributed by atoms with Gasteiger partial charge < -0.3 is 0 Å². The van der Waals surface area contributed by atoms with E-state index in [2.05, 4.69) is 28.7 Å². The molecule has 114 valence electrons. The van der Waals surface area contributed by atoms with E-state index in [1.54, 1.807) is 24.1 Å². The highest BCUT2D eigenvalue weighted by Crippen LogP contribution is 2.40. The van der Waals surface area contributed by atoms with E-state index in [1.807, 2.05) is 18.1 Å². The number of carbonyl (C=O) groups is 2. The van der Waals surface area contributed by atoms with Gasteiger partial charge in [-0.1, -0.05) is 36.4 Å². The summed E-state index contributed by atoms with van der Waals surface area (Å²) < 4.78 is 2.08. The van der Waals surface area contributed by atoms with Crippen LogP contribution in [0, 0.1) is 0 Å². The number of hydrazine groups is 1. The standard InChI is InChI=1S/C17H18N2O2S/c1-18(14-9-5-10-15(20)17(14)21)19-12-6-11-16(22-19)13-7-3-2-4-8-13/h2-5,7-10,16H,6,11-12H2,1H3. The lowest BCUT2D eigenvalue weighted by Gasteiger charge is -2.39. The summed E-state index contributed by atoms with van der Waals surface area (Å²) in [7, 11) is 1.84. The van der Waals surface area contributed by atoms with Crippen LogP contribution in [0.2, 0.25) is 0 Å². The summed E-state index contributed by atoms with van der Waals surface area (Å²) in [6.45, 7) is 0.868. The molecule has 1 aromatic carbocycles. The van der Waals surface area contributed by atoms with Gasteiger partial charge in [0.15, 0.2) is 0 Å². The van der Waals surface area contributed by atoms with E-state index in [0.717, 1.165) is 19.4 Å². The zero-order valence-corrected chi connectivity index (χ0v) is 13.3. The van der Waals surface area contributed by atoms with Gasteiger partial charge in [-0.15, -0.1) is 0 Å². The molecule has 0 saturated carbocycles. The molecule has 4 nitrogen and oxygen atoms in total. The first kappa shape index (κ1) is 15.1. The molecule has 1 aliphatic carbocycles. The highest BCUT2D eigenvalue weighted by molar-refractivity contribution is 7.97. The summed E-state index contributed by atoms with van der Waals surface area (Å²) in [5, 5.41) is 2.19. The molecule has 1 saturated heterocycles. The van der Waals surface area contributed by atoms with Crippen molar-refractivity contribution in [1.29, 1.82) is 0 Å². The molecule has 3 rings (SSSR count). The first-order valence-corrected chi connectivity index (χ1v) is 8.20. The van der Waals surface area contributed by atoms with Gasteiger partial charge in [0.1, 0.15) is 5.70 Å². The average molecular weight is 314 g/mol. The van der Waals surface area contributed by atoms with Gasteiger partial charge in [-0.2, -0.15) is 4.41 Å². The number of allylic oxidation sites excluding steroid dienone is 4. The van der Waals surface area contributed by atoms with Crippen molar-refractivity contribution in [3.05, 3.63) is 59.8 Å². The molecule has 0 radical (unpaired) electrons. The fraction of sp³-hybridized carbons (Fsp3) is 0.294. The van der Waals surface area contributed by atoms with Crippen molar-refractivity contribution in [3.63, 3.8) is 0 Å². The van der Waals surface area contributed by atoms with Gasteiger partial charge >= 0.3 is 0 Å². The third-order valence-electron chi connectivity index (χ3n) is 3.88. The Morgan fingerprint density at radius 3 is 2.77 bits per heavy atom. The van der Waals surface area contributed by atoms with E-state index < -0.39 is 11.6 Å². The maximum Gasteiger partial charge on any atom is 0.250 e. The van der Waals surface area contributed by atoms with Crippen LogP contribution in [0.5, 0.6) is 0 Å². The van der Waals surface area contributed by atoms with Crippen molar-refractivity contribution in [2.24, 2.45) is 0 Å². The van der Waals surface area contributed by atoms with Gasteiger partial charge in [-0.05, 0) is 42.5 Å². The lowest BCUT2D eigenvalue weighted by Crippen LogP contribution is -2.41. The Morgan fingerprint density at radius 2 is 2.00 bits per heavy atom. The summed E-state index contributed by atoms with van der Waals surface area (Å²) >= 11 is 1.72. The van der Waals surface area contributed by atoms with Crippen LogP contribution in [-0.4, -0.2) is 34.6 Å². The van der Waals surface area contributed by atoms with Gasteiger partial charge in [-0.3, -0.25) is 14.6 Å². The van der Waals surface area contributed by atoms with Crippen molar-refractivity contribution < 1.29 is 9.59 Å². The molecule has 2 aliphatic rings. The van der Waals surface area contributed by atoms with E-state index in [4.69, 9.17) is 0 Å². The van der Waals surface area contributed by atoms with E-state index in [9.17, 15) is 9.59 Å². The van der Waals surface area contributed by atoms with Crippen molar-refractivity contribution in [1.82, 2.24) is 9.42 Å². The number of likely N-dealkylation sites (N-methyl/N-ethyl adjacent to an activating group) is 1. The number of carbonyl (C=O) groups excluding carboxylic acids is 2. The summed E-state index contributed by atoms with van der Waals surface area (Å²) in [6.07, 6.45) is 6.83. The van der Waals surface area contributed by atoms with Crippen LogP contribution in [0.4, 0.5) is 0 Å². The van der Waals surface area contributed by atoms with Gasteiger partial charge in [-0.25, -0.2) is 0 Å². The molecule has 1 fully saturated rings. The first-order chi connectivity index (χ1) is 10.7. The van der Waals surface area contributed by atoms with Crippen molar-refractivity contribution >= 4 is 23.5 Å². The third kappa shape index (κ3) is 3.00. The summed E-state index contributed by atoms with van der Waals surface area (Å²) in [5.41, 5.74) is 1.74. The number of benzene rings is 1. The molecule has 1 aliphatic heterocycles. The molecule has 1 aromatic rings. The molecule has 22 heavy (non-hydrogen) atoms. The van der Waals surface area contributed by atoms with Crippen LogP contribution in [-0.2, 0) is 9.59 Å². The monoisotopic (exact) mass is 314 g/mol. The molecule has 0 amide bonds. The molecule has 0 spiro atoms. The topological polar surface area (TPSA) is 40.6 Å². The lowest BCUT2D eigenvalue weighted by atomic mass is 10.1. The van der Waals surface area contributed by atoms with Crippen LogP contribution in [0.1, 0.15) is 23.7 Å². The smallest absolute Gasteiger partial charge is 0.250 e. The van der Waals surface area contributed by atoms with Crippen LogP contribution >= 0.6 is 11.9 Å². The third-order valence-corrected chi connectivity index (χ3v) is 5.31. The molecular formula is C17H18N2O2S. The van der Waals surface area contributed by atoms with Gasteiger partial charge in [0.05, 0.1) is 0 Å². The second kappa shape index (κ2) is 6.50. The number of hydrogen-bond acceptors (Lipinski definition) is 5. The van der Waals surface area contributed by atoms with Crippen LogP contribution in [0.15, 0.2) is 54.3 Å². The van der Waals surface area contributed by atoms with Crippen molar-refractivity contribution in [3.8, 4) is 0 Å². The number of hydrogen-bond donors (Lipinski definition) is 0. The van der Waals surface area contributed by atoms with E-state index in [0.29, 0.717) is 10.9 Å². The Balaban J connectivity index is 1.75. The Labute approximate surface area is 134 Å². The number of Topliss-reactive ketones (excluding diaryl/α,β-unsaturated/α-hetero) is 1. The SMILES string of the molecule is CN(C1=CC=CC(=O)C1=O)N1CCCC(c2ccccc2)S1. The molecule has 0 aromatic heterocycles. The number of ketones is 2. The maximum absolute atomic E-state index is 12.0. The number of rotatable bonds is 3. The molecule has 1 unspecified atom stereocenters. The highest BCUT2D eigenvalue weighted by Gasteiger charge is 2.30. The Kier molecular flexibility index (Phi) is 4.45. The predicted molar refractivity (Wildman–Crippen MR) is 87.7 cm³/mol. The van der Waals surface area contributed by atoms with Crippen LogP contribution in [0.3, 0.4) is 0 Å².